The van der Waals surface area contributed by atoms with Gasteiger partial charge in [0.2, 0.25) is 22.7 Å². The summed E-state index contributed by atoms with van der Waals surface area (Å²) >= 11 is 0. The van der Waals surface area contributed by atoms with Crippen LogP contribution < -0.4 is 19.1 Å². The molecule has 1 atom stereocenters. The number of nitrogens with zero attached hydrogens (tertiary/aromatic N) is 1. The normalized spacial score (nSPS) is 18.8. The van der Waals surface area contributed by atoms with Gasteiger partial charge in [-0.3, -0.25) is 4.79 Å². The molecule has 0 unspecified atom stereocenters. The minimum absolute atomic E-state index is 0.0673. The average Bonchev–Trinajstić information content (AvgIpc) is 3.31. The molecule has 2 aliphatic heterocycles. The lowest BCUT2D eigenvalue weighted by Gasteiger charge is -2.18. The summed E-state index contributed by atoms with van der Waals surface area (Å²) in [7, 11) is -4.41. The number of anilines is 1. The van der Waals surface area contributed by atoms with E-state index in [1.54, 1.807) is 18.2 Å². The maximum atomic E-state index is 13.1. The Balaban J connectivity index is 1.46. The van der Waals surface area contributed by atoms with Crippen LogP contribution in [0.3, 0.4) is 0 Å². The molecule has 7 nitrogen and oxygen atoms in total. The van der Waals surface area contributed by atoms with E-state index in [1.165, 1.54) is 11.0 Å². The summed E-state index contributed by atoms with van der Waals surface area (Å²) in [5.74, 6) is 0.468. The Morgan fingerprint density at radius 3 is 2.60 bits per heavy atom. The zero-order valence-electron chi connectivity index (χ0n) is 15.5. The van der Waals surface area contributed by atoms with Crippen LogP contribution in [0.2, 0.25) is 0 Å². The SMILES string of the molecule is O=C1C[C@H](CNS(=O)(=O)c2ccccc2C(F)(F)F)CN1c1ccc2c(c1)OCO2. The highest BCUT2D eigenvalue weighted by molar-refractivity contribution is 7.89. The molecule has 2 aliphatic rings. The van der Waals surface area contributed by atoms with Crippen molar-refractivity contribution in [3.63, 3.8) is 0 Å². The monoisotopic (exact) mass is 442 g/mol. The Hall–Kier alpha value is -2.79. The Morgan fingerprint density at radius 1 is 1.10 bits per heavy atom. The van der Waals surface area contributed by atoms with E-state index >= 15 is 0 Å². The van der Waals surface area contributed by atoms with Gasteiger partial charge in [0.1, 0.15) is 0 Å². The predicted molar refractivity (Wildman–Crippen MR) is 99.7 cm³/mol. The Labute approximate surface area is 170 Å². The molecule has 0 bridgehead atoms. The second kappa shape index (κ2) is 7.47. The molecule has 4 rings (SSSR count). The van der Waals surface area contributed by atoms with Gasteiger partial charge in [-0.2, -0.15) is 13.2 Å². The number of ether oxygens (including phenoxy) is 2. The summed E-state index contributed by atoms with van der Waals surface area (Å²) in [4.78, 5) is 13.0. The van der Waals surface area contributed by atoms with Crippen molar-refractivity contribution in [3.05, 3.63) is 48.0 Å². The smallest absolute Gasteiger partial charge is 0.417 e. The molecule has 2 aromatic rings. The minimum atomic E-state index is -4.80. The average molecular weight is 442 g/mol. The van der Waals surface area contributed by atoms with Crippen molar-refractivity contribution in [2.75, 3.05) is 24.8 Å². The molecule has 0 aromatic heterocycles. The molecular formula is C19H17F3N2O5S. The Morgan fingerprint density at radius 2 is 1.83 bits per heavy atom. The number of hydrogen-bond donors (Lipinski definition) is 1. The van der Waals surface area contributed by atoms with Gasteiger partial charge < -0.3 is 14.4 Å². The van der Waals surface area contributed by atoms with Gasteiger partial charge in [0.25, 0.3) is 0 Å². The largest absolute Gasteiger partial charge is 0.454 e. The van der Waals surface area contributed by atoms with Gasteiger partial charge in [0, 0.05) is 31.3 Å². The van der Waals surface area contributed by atoms with Gasteiger partial charge in [0.15, 0.2) is 11.5 Å². The van der Waals surface area contributed by atoms with E-state index in [0.29, 0.717) is 17.2 Å². The van der Waals surface area contributed by atoms with E-state index in [4.69, 9.17) is 9.47 Å². The lowest BCUT2D eigenvalue weighted by atomic mass is 10.1. The van der Waals surface area contributed by atoms with E-state index in [9.17, 15) is 26.4 Å². The summed E-state index contributed by atoms with van der Waals surface area (Å²) < 4.78 is 77.1. The molecule has 2 aromatic carbocycles. The number of sulfonamides is 1. The molecule has 1 amide bonds. The third-order valence-electron chi connectivity index (χ3n) is 4.92. The van der Waals surface area contributed by atoms with Crippen molar-refractivity contribution in [2.24, 2.45) is 5.92 Å². The highest BCUT2D eigenvalue weighted by Crippen LogP contribution is 2.37. The van der Waals surface area contributed by atoms with Crippen molar-refractivity contribution in [3.8, 4) is 11.5 Å². The van der Waals surface area contributed by atoms with E-state index in [1.807, 2.05) is 0 Å². The van der Waals surface area contributed by atoms with Crippen LogP contribution in [0.5, 0.6) is 11.5 Å². The molecule has 160 valence electrons. The number of carbonyl (C=O) groups excluding carboxylic acids is 1. The van der Waals surface area contributed by atoms with Gasteiger partial charge >= 0.3 is 6.18 Å². The van der Waals surface area contributed by atoms with Crippen LogP contribution in [0.1, 0.15) is 12.0 Å². The molecule has 0 radical (unpaired) electrons. The molecular weight excluding hydrogens is 425 g/mol. The number of carbonyl (C=O) groups is 1. The molecule has 1 saturated heterocycles. The molecule has 2 heterocycles. The van der Waals surface area contributed by atoms with Gasteiger partial charge in [-0.25, -0.2) is 13.1 Å². The standard InChI is InChI=1S/C19H17F3N2O5S/c20-19(21,22)14-3-1-2-4-17(14)30(26,27)23-9-12-7-18(25)24(10-12)13-5-6-15-16(8-13)29-11-28-15/h1-6,8,12,23H,7,9-11H2/t12-/m1/s1. The first-order chi connectivity index (χ1) is 14.1. The quantitative estimate of drug-likeness (QED) is 0.770. The maximum absolute atomic E-state index is 13.1. The van der Waals surface area contributed by atoms with E-state index in [0.717, 1.165) is 18.2 Å². The third kappa shape index (κ3) is 3.94. The topological polar surface area (TPSA) is 84.9 Å². The van der Waals surface area contributed by atoms with E-state index < -0.39 is 32.6 Å². The minimum Gasteiger partial charge on any atom is -0.454 e. The molecule has 0 spiro atoms. The number of fused-ring (bicyclic) bond motifs is 1. The summed E-state index contributed by atoms with van der Waals surface area (Å²) in [5, 5.41) is 0. The molecule has 11 heteroatoms. The second-order valence-electron chi connectivity index (χ2n) is 6.96. The lowest BCUT2D eigenvalue weighted by molar-refractivity contribution is -0.139. The van der Waals surface area contributed by atoms with Crippen LogP contribution in [0.15, 0.2) is 47.4 Å². The van der Waals surface area contributed by atoms with Crippen molar-refractivity contribution in [2.45, 2.75) is 17.5 Å². The van der Waals surface area contributed by atoms with Gasteiger partial charge in [-0.1, -0.05) is 12.1 Å². The molecule has 1 N–H and O–H groups in total. The third-order valence-corrected chi connectivity index (χ3v) is 6.40. The first kappa shape index (κ1) is 20.5. The molecule has 1 fully saturated rings. The Bertz CT molecular complexity index is 1090. The fourth-order valence-electron chi connectivity index (χ4n) is 3.46. The zero-order chi connectivity index (χ0) is 21.5. The number of alkyl halides is 3. The maximum Gasteiger partial charge on any atom is 0.417 e. The number of hydrogen-bond acceptors (Lipinski definition) is 5. The summed E-state index contributed by atoms with van der Waals surface area (Å²) in [6, 6.07) is 9.00. The lowest BCUT2D eigenvalue weighted by Crippen LogP contribution is -2.32. The molecule has 0 aliphatic carbocycles. The fourth-order valence-corrected chi connectivity index (χ4v) is 4.80. The number of amides is 1. The zero-order valence-corrected chi connectivity index (χ0v) is 16.3. The van der Waals surface area contributed by atoms with Gasteiger partial charge in [-0.15, -0.1) is 0 Å². The van der Waals surface area contributed by atoms with Crippen molar-refractivity contribution in [1.29, 1.82) is 0 Å². The number of halogens is 3. The Kier molecular flexibility index (Phi) is 5.10. The second-order valence-corrected chi connectivity index (χ2v) is 8.69. The van der Waals surface area contributed by atoms with Crippen molar-refractivity contribution in [1.82, 2.24) is 4.72 Å². The van der Waals surface area contributed by atoms with Gasteiger partial charge in [0.05, 0.1) is 10.5 Å². The highest BCUT2D eigenvalue weighted by atomic mass is 32.2. The predicted octanol–water partition coefficient (Wildman–Crippen LogP) is 2.77. The van der Waals surface area contributed by atoms with E-state index in [2.05, 4.69) is 4.72 Å². The summed E-state index contributed by atoms with van der Waals surface area (Å²) in [5.41, 5.74) is -0.654. The van der Waals surface area contributed by atoms with Crippen LogP contribution in [-0.2, 0) is 21.0 Å². The van der Waals surface area contributed by atoms with Crippen LogP contribution >= 0.6 is 0 Å². The molecule has 30 heavy (non-hydrogen) atoms. The number of benzene rings is 2. The molecule has 0 saturated carbocycles. The number of rotatable bonds is 5. The van der Waals surface area contributed by atoms with Gasteiger partial charge in [-0.05, 0) is 30.2 Å². The number of nitrogens with one attached hydrogen (secondary N) is 1. The van der Waals surface area contributed by atoms with Crippen molar-refractivity contribution >= 4 is 21.6 Å². The fraction of sp³-hybridized carbons (Fsp3) is 0.316. The van der Waals surface area contributed by atoms with E-state index in [-0.39, 0.29) is 32.2 Å². The van der Waals surface area contributed by atoms with Crippen LogP contribution in [0.4, 0.5) is 18.9 Å². The highest BCUT2D eigenvalue weighted by Gasteiger charge is 2.38. The van der Waals surface area contributed by atoms with Crippen LogP contribution in [0, 0.1) is 5.92 Å². The summed E-state index contributed by atoms with van der Waals surface area (Å²) in [6.45, 7) is 0.153. The first-order valence-corrected chi connectivity index (χ1v) is 10.5. The van der Waals surface area contributed by atoms with Crippen LogP contribution in [-0.4, -0.2) is 34.2 Å². The van der Waals surface area contributed by atoms with Crippen molar-refractivity contribution < 1.29 is 35.9 Å². The van der Waals surface area contributed by atoms with Crippen LogP contribution in [0.25, 0.3) is 0 Å². The summed E-state index contributed by atoms with van der Waals surface area (Å²) in [6.07, 6.45) is -4.73. The first-order valence-electron chi connectivity index (χ1n) is 9.01.